The number of phenols is 1. The number of benzene rings is 9. The molecular weight excluding hydrogens is 1480 g/mol. The number of phenolic OH excluding ortho intramolecular Hbond substituents is 1. The molecule has 0 aliphatic carbocycles. The summed E-state index contributed by atoms with van der Waals surface area (Å²) >= 11 is 0. The number of carbonyl (C=O) groups excluding carboxylic acids is 4. The molecule has 4 unspecified atom stereocenters. The molecule has 4 atom stereocenters. The van der Waals surface area contributed by atoms with Gasteiger partial charge in [0.2, 0.25) is 0 Å². The second-order valence-electron chi connectivity index (χ2n) is 29.0. The van der Waals surface area contributed by atoms with Crippen molar-refractivity contribution in [2.24, 2.45) is 0 Å². The molecule has 117 heavy (non-hydrogen) atoms. The van der Waals surface area contributed by atoms with Crippen LogP contribution in [0.2, 0.25) is 0 Å². The quantitative estimate of drug-likeness (QED) is 0.0237. The van der Waals surface area contributed by atoms with E-state index in [0.717, 1.165) is 121 Å². The maximum Gasteiger partial charge on any atom is 0.251 e. The molecule has 24 nitrogen and oxygen atoms in total. The van der Waals surface area contributed by atoms with Gasteiger partial charge in [-0.2, -0.15) is 0 Å². The summed E-state index contributed by atoms with van der Waals surface area (Å²) in [6, 6.07) is 62.9. The monoisotopic (exact) mass is 1580 g/mol. The predicted octanol–water partition coefficient (Wildman–Crippen LogP) is 16.6. The van der Waals surface area contributed by atoms with Crippen LogP contribution in [0.4, 0.5) is 45.5 Å². The Morgan fingerprint density at radius 2 is 0.641 bits per heavy atom. The van der Waals surface area contributed by atoms with Crippen molar-refractivity contribution in [2.75, 3.05) is 109 Å². The SMILES string of the molecule is CCCCCCOc1ccc(C2Nc3ccccc3NC3=C2C(=O)NC3)c(O)c1.CCCCCCOc1ccc(C2Nc3ccccc3NC3=C2C(=O)NC3)c(OC)c1.CCOc1ccc(C2Nc3ccccc3NC3=C2C(=O)NC3)c(OCC)c1.COc1cc(OCc2ccccc2)ccc1C1Nc2ccccc2NC2=C1C(=O)NC2. The van der Waals surface area contributed by atoms with Crippen molar-refractivity contribution in [1.29, 1.82) is 0 Å². The lowest BCUT2D eigenvalue weighted by Crippen LogP contribution is -2.24. The Bertz CT molecular complexity index is 5240. The van der Waals surface area contributed by atoms with E-state index in [2.05, 4.69) is 77.6 Å². The van der Waals surface area contributed by atoms with Crippen LogP contribution in [0, 0.1) is 0 Å². The summed E-state index contributed by atoms with van der Waals surface area (Å²) in [6.45, 7) is 13.1. The summed E-state index contributed by atoms with van der Waals surface area (Å²) < 4.78 is 40.6. The zero-order valence-electron chi connectivity index (χ0n) is 66.8. The van der Waals surface area contributed by atoms with Crippen LogP contribution in [0.15, 0.2) is 245 Å². The van der Waals surface area contributed by atoms with Crippen LogP contribution in [0.25, 0.3) is 0 Å². The molecule has 9 aromatic carbocycles. The van der Waals surface area contributed by atoms with Crippen LogP contribution >= 0.6 is 0 Å². The third kappa shape index (κ3) is 18.7. The number of fused-ring (bicyclic) bond motifs is 4. The molecule has 8 aliphatic heterocycles. The van der Waals surface area contributed by atoms with Crippen molar-refractivity contribution in [3.8, 4) is 46.0 Å². The predicted molar refractivity (Wildman–Crippen MR) is 459 cm³/mol. The molecule has 4 amide bonds. The first-order valence-electron chi connectivity index (χ1n) is 40.4. The summed E-state index contributed by atoms with van der Waals surface area (Å²) in [5.41, 5.74) is 18.0. The van der Waals surface area contributed by atoms with E-state index in [1.54, 1.807) is 20.3 Å². The smallest absolute Gasteiger partial charge is 0.251 e. The fourth-order valence-electron chi connectivity index (χ4n) is 15.4. The largest absolute Gasteiger partial charge is 0.507 e. The molecule has 0 spiro atoms. The van der Waals surface area contributed by atoms with Crippen molar-refractivity contribution in [3.63, 3.8) is 0 Å². The highest BCUT2D eigenvalue weighted by Gasteiger charge is 2.40. The van der Waals surface area contributed by atoms with Crippen LogP contribution in [0.1, 0.15) is 131 Å². The van der Waals surface area contributed by atoms with Crippen LogP contribution in [-0.2, 0) is 25.8 Å². The van der Waals surface area contributed by atoms with E-state index in [0.29, 0.717) is 116 Å². The first-order chi connectivity index (χ1) is 57.3. The Balaban J connectivity index is 0.000000129. The zero-order valence-corrected chi connectivity index (χ0v) is 66.8. The Hall–Kier alpha value is -13.4. The van der Waals surface area contributed by atoms with Crippen molar-refractivity contribution >= 4 is 69.1 Å². The molecule has 9 aromatic rings. The minimum Gasteiger partial charge on any atom is -0.507 e. The number of hydrogen-bond donors (Lipinski definition) is 13. The van der Waals surface area contributed by atoms with E-state index in [-0.39, 0.29) is 47.5 Å². The molecule has 0 saturated carbocycles. The molecule has 0 fully saturated rings. The molecule has 0 radical (unpaired) electrons. The summed E-state index contributed by atoms with van der Waals surface area (Å²) in [6.07, 6.45) is 9.19. The van der Waals surface area contributed by atoms with Gasteiger partial charge in [0.05, 0.1) is 159 Å². The normalized spacial score (nSPS) is 17.4. The van der Waals surface area contributed by atoms with Crippen molar-refractivity contribution in [2.45, 2.75) is 110 Å². The zero-order chi connectivity index (χ0) is 81.2. The highest BCUT2D eigenvalue weighted by molar-refractivity contribution is 6.04. The molecule has 0 saturated heterocycles. The number of nitrogens with one attached hydrogen (secondary N) is 12. The average Bonchev–Trinajstić information content (AvgIpc) is 1.66. The van der Waals surface area contributed by atoms with E-state index in [1.165, 1.54) is 32.1 Å². The van der Waals surface area contributed by atoms with Gasteiger partial charge in [-0.25, -0.2) is 0 Å². The molecule has 606 valence electrons. The summed E-state index contributed by atoms with van der Waals surface area (Å²) in [5, 5.41) is 50.0. The van der Waals surface area contributed by atoms with Gasteiger partial charge in [0, 0.05) is 69.3 Å². The number of unbranched alkanes of at least 4 members (excludes halogenated alkanes) is 6. The number of para-hydroxylation sites is 8. The summed E-state index contributed by atoms with van der Waals surface area (Å²) in [4.78, 5) is 50.6. The van der Waals surface area contributed by atoms with E-state index in [1.807, 2.05) is 208 Å². The Morgan fingerprint density at radius 3 is 1.00 bits per heavy atom. The molecule has 13 N–H and O–H groups in total. The minimum atomic E-state index is -0.456. The number of aromatic hydroxyl groups is 1. The van der Waals surface area contributed by atoms with E-state index >= 15 is 0 Å². The van der Waals surface area contributed by atoms with E-state index in [4.69, 9.17) is 33.2 Å². The molecule has 0 bridgehead atoms. The highest BCUT2D eigenvalue weighted by atomic mass is 16.5. The van der Waals surface area contributed by atoms with Gasteiger partial charge in [-0.05, 0) is 129 Å². The number of amides is 4. The molecule has 8 aliphatic rings. The third-order valence-electron chi connectivity index (χ3n) is 21.2. The Morgan fingerprint density at radius 1 is 0.325 bits per heavy atom. The van der Waals surface area contributed by atoms with E-state index < -0.39 is 6.04 Å². The van der Waals surface area contributed by atoms with Gasteiger partial charge in [-0.1, -0.05) is 131 Å². The standard InChI is InChI=1S/C25H23N3O3.C24H29N3O3.C23H27N3O3.C21H23N3O3/c1-30-22-13-17(31-15-16-7-3-2-4-8-16)11-12-18(22)24-23-21(14-26-25(23)29)27-19-9-5-6-10-20(19)28-24;1-3-4-5-8-13-30-16-11-12-17(21(14-16)29-2)23-22-20(15-25-24(22)28)26-18-9-6-7-10-19(18)27-23;1-2-3-4-7-12-29-15-10-11-16(20(27)13-15)22-21-19(14-24-23(21)28)25-17-8-5-6-9-18(17)26-22;1-3-26-13-9-10-14(18(11-13)27-4-2)20-19-17(12-22-21(19)25)23-15-7-5-6-8-16(15)24-20/h2-13,24,27-28H,14-15H2,1H3,(H,26,29);6-7,9-12,14,23,26-27H,3-5,8,13,15H2,1-2H3,(H,25,28);5-6,8-11,13,22,25-27H,2-4,7,12,14H2,1H3,(H,24,28);5-11,20,23-24H,3-4,12H2,1-2H3,(H,22,25). The van der Waals surface area contributed by atoms with Crippen LogP contribution in [0.3, 0.4) is 0 Å². The Labute approximate surface area is 682 Å². The van der Waals surface area contributed by atoms with Crippen molar-refractivity contribution in [3.05, 3.63) is 273 Å². The topological polar surface area (TPSA) is 297 Å². The lowest BCUT2D eigenvalue weighted by Gasteiger charge is -2.23. The van der Waals surface area contributed by atoms with Gasteiger partial charge in [0.25, 0.3) is 23.6 Å². The van der Waals surface area contributed by atoms with Gasteiger partial charge >= 0.3 is 0 Å². The number of hydrogen-bond acceptors (Lipinski definition) is 20. The Kier molecular flexibility index (Phi) is 26.2. The first-order valence-corrected chi connectivity index (χ1v) is 40.4. The molecule has 0 aromatic heterocycles. The van der Waals surface area contributed by atoms with Gasteiger partial charge in [0.15, 0.2) is 0 Å². The van der Waals surface area contributed by atoms with Crippen LogP contribution in [0.5, 0.6) is 46.0 Å². The van der Waals surface area contributed by atoms with Gasteiger partial charge in [-0.3, -0.25) is 19.2 Å². The number of carbonyl (C=O) groups is 4. The highest BCUT2D eigenvalue weighted by Crippen LogP contribution is 2.47. The fraction of sp³-hybridized carbons (Fsp3) is 0.290. The lowest BCUT2D eigenvalue weighted by atomic mass is 9.96. The maximum atomic E-state index is 12.7. The number of ether oxygens (including phenoxy) is 7. The minimum absolute atomic E-state index is 0.0684. The third-order valence-corrected chi connectivity index (χ3v) is 21.2. The van der Waals surface area contributed by atoms with Crippen LogP contribution < -0.4 is 97.0 Å². The molecule has 24 heteroatoms. The van der Waals surface area contributed by atoms with Crippen LogP contribution in [-0.4, -0.2) is 95.6 Å². The van der Waals surface area contributed by atoms with Gasteiger partial charge in [-0.15, -0.1) is 0 Å². The summed E-state index contributed by atoms with van der Waals surface area (Å²) in [7, 11) is 3.28. The second-order valence-corrected chi connectivity index (χ2v) is 29.0. The fourth-order valence-corrected chi connectivity index (χ4v) is 15.4. The number of rotatable bonds is 25. The number of methoxy groups -OCH3 is 2. The molecule has 8 heterocycles. The first kappa shape index (κ1) is 80.2. The summed E-state index contributed by atoms with van der Waals surface area (Å²) in [5.74, 6) is 4.71. The second kappa shape index (κ2) is 38.2. The van der Waals surface area contributed by atoms with Gasteiger partial charge < -0.3 is 102 Å². The number of anilines is 8. The van der Waals surface area contributed by atoms with E-state index in [9.17, 15) is 24.3 Å². The lowest BCUT2D eigenvalue weighted by molar-refractivity contribution is -0.117. The van der Waals surface area contributed by atoms with Gasteiger partial charge in [0.1, 0.15) is 52.6 Å². The average molecular weight is 1580 g/mol. The van der Waals surface area contributed by atoms with Crippen molar-refractivity contribution < 1.29 is 57.4 Å². The maximum absolute atomic E-state index is 12.7. The van der Waals surface area contributed by atoms with Crippen molar-refractivity contribution in [1.82, 2.24) is 21.3 Å². The molecule has 17 rings (SSSR count). The molecular formula is C93H102N12O12.